The molecule has 4 atom stereocenters. The molecule has 2 aliphatic carbocycles. The smallest absolute Gasteiger partial charge is 0.264 e. The normalized spacial score (nSPS) is 50.2. The van der Waals surface area contributed by atoms with Crippen LogP contribution >= 0.6 is 31.9 Å². The Morgan fingerprint density at radius 1 is 0.833 bits per heavy atom. The van der Waals surface area contributed by atoms with Crippen molar-refractivity contribution in [3.8, 4) is 0 Å². The van der Waals surface area contributed by atoms with E-state index in [1.807, 2.05) is 0 Å². The summed E-state index contributed by atoms with van der Waals surface area (Å²) in [6.45, 7) is 3.00. The molecule has 8 heteroatoms. The zero-order valence-corrected chi connectivity index (χ0v) is 12.7. The fraction of sp³-hybridized carbons (Fsp3) is 0.800. The number of hydrogen-bond donors (Lipinski definition) is 0. The number of halogens is 6. The lowest BCUT2D eigenvalue weighted by Crippen LogP contribution is -2.90. The number of hydrogen-bond acceptors (Lipinski definition) is 2. The summed E-state index contributed by atoms with van der Waals surface area (Å²) in [5.74, 6) is -1.28. The zero-order chi connectivity index (χ0) is 14.0. The summed E-state index contributed by atoms with van der Waals surface area (Å²) in [4.78, 5) is 0. The average Bonchev–Trinajstić information content (AvgIpc) is 2.30. The second-order valence-corrected chi connectivity index (χ2v) is 6.18. The van der Waals surface area contributed by atoms with Crippen LogP contribution in [0.4, 0.5) is 17.6 Å². The van der Waals surface area contributed by atoms with Crippen LogP contribution in [0, 0.1) is 0 Å². The molecule has 1 fully saturated rings. The molecule has 0 aliphatic heterocycles. The fourth-order valence-corrected chi connectivity index (χ4v) is 3.72. The summed E-state index contributed by atoms with van der Waals surface area (Å²) in [5.41, 5.74) is -6.47. The second kappa shape index (κ2) is 3.77. The Morgan fingerprint density at radius 3 is 1.33 bits per heavy atom. The zero-order valence-electron chi connectivity index (χ0n) is 9.50. The van der Waals surface area contributed by atoms with Crippen molar-refractivity contribution in [3.05, 3.63) is 11.5 Å². The first-order chi connectivity index (χ1) is 8.14. The SMILES string of the molecule is CCOC1=C(OCC)C2(F)C(F)(Br)C(F)(Br)C12F. The minimum atomic E-state index is -3.26. The van der Waals surface area contributed by atoms with Crippen molar-refractivity contribution in [1.29, 1.82) is 0 Å². The van der Waals surface area contributed by atoms with Gasteiger partial charge in [-0.3, -0.25) is 0 Å². The van der Waals surface area contributed by atoms with Gasteiger partial charge in [0.2, 0.25) is 0 Å². The minimum Gasteiger partial charge on any atom is -0.491 e. The molecule has 2 rings (SSSR count). The van der Waals surface area contributed by atoms with E-state index < -0.39 is 32.0 Å². The first-order valence-corrected chi connectivity index (χ1v) is 6.87. The van der Waals surface area contributed by atoms with Crippen molar-refractivity contribution >= 4 is 31.9 Å². The first kappa shape index (κ1) is 14.4. The van der Waals surface area contributed by atoms with E-state index in [1.54, 1.807) is 0 Å². The molecule has 1 saturated carbocycles. The summed E-state index contributed by atoms with van der Waals surface area (Å²) in [7, 11) is 0. The van der Waals surface area contributed by atoms with Crippen LogP contribution in [0.3, 0.4) is 0 Å². The molecule has 2 aliphatic rings. The third-order valence-electron chi connectivity index (χ3n) is 3.14. The van der Waals surface area contributed by atoms with Gasteiger partial charge in [0.25, 0.3) is 20.5 Å². The van der Waals surface area contributed by atoms with Crippen LogP contribution in [-0.2, 0) is 9.47 Å². The van der Waals surface area contributed by atoms with Gasteiger partial charge in [-0.25, -0.2) is 17.6 Å². The van der Waals surface area contributed by atoms with E-state index in [9.17, 15) is 17.6 Å². The van der Waals surface area contributed by atoms with Gasteiger partial charge in [0.05, 0.1) is 13.2 Å². The summed E-state index contributed by atoms with van der Waals surface area (Å²) < 4.78 is 60.1. The molecular weight excluding hydrogens is 388 g/mol. The van der Waals surface area contributed by atoms with Crippen LogP contribution in [0.2, 0.25) is 0 Å². The number of fused-ring (bicyclic) bond motifs is 1. The van der Waals surface area contributed by atoms with Crippen molar-refractivity contribution < 1.29 is 27.0 Å². The van der Waals surface area contributed by atoms with Crippen LogP contribution < -0.4 is 0 Å². The van der Waals surface area contributed by atoms with E-state index in [-0.39, 0.29) is 13.2 Å². The summed E-state index contributed by atoms with van der Waals surface area (Å²) in [5, 5.41) is 0. The number of alkyl halides is 6. The highest BCUT2D eigenvalue weighted by Gasteiger charge is 3.02. The average molecular weight is 398 g/mol. The van der Waals surface area contributed by atoms with E-state index in [1.165, 1.54) is 13.8 Å². The van der Waals surface area contributed by atoms with Crippen molar-refractivity contribution in [2.75, 3.05) is 13.2 Å². The van der Waals surface area contributed by atoms with Crippen LogP contribution in [-0.4, -0.2) is 33.7 Å². The molecule has 2 nitrogen and oxygen atoms in total. The molecule has 0 radical (unpaired) electrons. The molecule has 0 aromatic heterocycles. The Kier molecular flexibility index (Phi) is 3.03. The third kappa shape index (κ3) is 1.07. The summed E-state index contributed by atoms with van der Waals surface area (Å²) in [6.07, 6.45) is 0. The van der Waals surface area contributed by atoms with Crippen LogP contribution in [0.25, 0.3) is 0 Å². The lowest BCUT2D eigenvalue weighted by atomic mass is 9.54. The third-order valence-corrected chi connectivity index (χ3v) is 5.86. The van der Waals surface area contributed by atoms with E-state index in [0.717, 1.165) is 0 Å². The number of rotatable bonds is 4. The van der Waals surface area contributed by atoms with Crippen LogP contribution in [0.15, 0.2) is 11.5 Å². The van der Waals surface area contributed by atoms with Crippen LogP contribution in [0.5, 0.6) is 0 Å². The molecule has 104 valence electrons. The molecule has 0 heterocycles. The standard InChI is InChI=1S/C10H10Br2F4O2/c1-3-17-5-6(18-4-2)8(14)7(5,13)9(11,15)10(8,12)16/h3-4H2,1-2H3. The molecular formula is C10H10Br2F4O2. The van der Waals surface area contributed by atoms with Gasteiger partial charge in [0, 0.05) is 0 Å². The first-order valence-electron chi connectivity index (χ1n) is 5.28. The summed E-state index contributed by atoms with van der Waals surface area (Å²) in [6, 6.07) is 0. The Balaban J connectivity index is 2.54. The van der Waals surface area contributed by atoms with Gasteiger partial charge in [0.1, 0.15) is 0 Å². The maximum absolute atomic E-state index is 14.4. The van der Waals surface area contributed by atoms with Gasteiger partial charge in [-0.2, -0.15) is 0 Å². The maximum atomic E-state index is 14.4. The van der Waals surface area contributed by atoms with Crippen LogP contribution in [0.1, 0.15) is 13.8 Å². The molecule has 4 unspecified atom stereocenters. The predicted octanol–water partition coefficient (Wildman–Crippen LogP) is 3.84. The topological polar surface area (TPSA) is 18.5 Å². The monoisotopic (exact) mass is 396 g/mol. The highest BCUT2D eigenvalue weighted by molar-refractivity contribution is 9.13. The quantitative estimate of drug-likeness (QED) is 0.530. The van der Waals surface area contributed by atoms with Crippen molar-refractivity contribution in [2.24, 2.45) is 0 Å². The van der Waals surface area contributed by atoms with Crippen molar-refractivity contribution in [3.63, 3.8) is 0 Å². The number of ether oxygens (including phenoxy) is 2. The van der Waals surface area contributed by atoms with Gasteiger partial charge >= 0.3 is 0 Å². The van der Waals surface area contributed by atoms with Gasteiger partial charge in [-0.1, -0.05) is 0 Å². The van der Waals surface area contributed by atoms with E-state index in [0.29, 0.717) is 0 Å². The molecule has 18 heavy (non-hydrogen) atoms. The maximum Gasteiger partial charge on any atom is 0.264 e. The molecule has 0 aromatic carbocycles. The van der Waals surface area contributed by atoms with Gasteiger partial charge in [-0.15, -0.1) is 0 Å². The van der Waals surface area contributed by atoms with E-state index >= 15 is 0 Å². The summed E-state index contributed by atoms with van der Waals surface area (Å²) >= 11 is 4.50. The highest BCUT2D eigenvalue weighted by Crippen LogP contribution is 2.81. The molecule has 0 saturated heterocycles. The minimum absolute atomic E-state index is 0.0156. The lowest BCUT2D eigenvalue weighted by Gasteiger charge is -2.66. The van der Waals surface area contributed by atoms with Gasteiger partial charge < -0.3 is 9.47 Å². The second-order valence-electron chi connectivity index (χ2n) is 3.99. The largest absolute Gasteiger partial charge is 0.491 e. The predicted molar refractivity (Wildman–Crippen MR) is 63.5 cm³/mol. The van der Waals surface area contributed by atoms with Gasteiger partial charge in [-0.05, 0) is 45.7 Å². The van der Waals surface area contributed by atoms with Gasteiger partial charge in [0.15, 0.2) is 11.5 Å². The Morgan fingerprint density at radius 2 is 1.11 bits per heavy atom. The highest BCUT2D eigenvalue weighted by atomic mass is 79.9. The van der Waals surface area contributed by atoms with E-state index in [4.69, 9.17) is 9.47 Å². The van der Waals surface area contributed by atoms with E-state index in [2.05, 4.69) is 31.9 Å². The molecule has 0 amide bonds. The Hall–Kier alpha value is 0.0200. The molecule has 0 bridgehead atoms. The molecule has 0 N–H and O–H groups in total. The molecule has 0 spiro atoms. The lowest BCUT2D eigenvalue weighted by molar-refractivity contribution is -0.290. The fourth-order valence-electron chi connectivity index (χ4n) is 2.27. The molecule has 0 aromatic rings. The Bertz CT molecular complexity index is 388. The van der Waals surface area contributed by atoms with Crippen molar-refractivity contribution in [2.45, 2.75) is 34.3 Å². The number of allylic oxidation sites excluding steroid dienone is 2. The Labute approximate surface area is 118 Å². The van der Waals surface area contributed by atoms with Crippen molar-refractivity contribution in [1.82, 2.24) is 0 Å².